The van der Waals surface area contributed by atoms with Crippen molar-refractivity contribution in [2.45, 2.75) is 44.9 Å². The largest absolute Gasteiger partial charge is 0.492 e. The third-order valence-electron chi connectivity index (χ3n) is 4.76. The molecule has 2 aromatic rings. The number of sulfonamides is 1. The van der Waals surface area contributed by atoms with E-state index in [-0.39, 0.29) is 10.8 Å². The summed E-state index contributed by atoms with van der Waals surface area (Å²) in [6, 6.07) is 10.3. The number of amides is 1. The van der Waals surface area contributed by atoms with Gasteiger partial charge in [0.25, 0.3) is 10.0 Å². The molecule has 3 rings (SSSR count). The minimum Gasteiger partial charge on any atom is -0.492 e. The summed E-state index contributed by atoms with van der Waals surface area (Å²) in [5, 5.41) is 0. The lowest BCUT2D eigenvalue weighted by atomic mass is 10.1. The Balaban J connectivity index is 1.94. The number of ether oxygens (including phenoxy) is 1. The number of benzene rings is 2. The molecule has 0 radical (unpaired) electrons. The van der Waals surface area contributed by atoms with Crippen molar-refractivity contribution < 1.29 is 17.9 Å². The Bertz CT molecular complexity index is 986. The van der Waals surface area contributed by atoms with Gasteiger partial charge in [-0.2, -0.15) is 0 Å². The van der Waals surface area contributed by atoms with Gasteiger partial charge in [-0.3, -0.25) is 9.52 Å². The first-order valence-corrected chi connectivity index (χ1v) is 11.0. The Morgan fingerprint density at radius 3 is 2.61 bits per heavy atom. The van der Waals surface area contributed by atoms with Crippen LogP contribution in [0.15, 0.2) is 41.3 Å². The van der Waals surface area contributed by atoms with Crippen LogP contribution in [0, 0.1) is 13.8 Å². The fraction of sp³-hybridized carbons (Fsp3) is 0.381. The summed E-state index contributed by atoms with van der Waals surface area (Å²) in [6.45, 7) is 6.59. The van der Waals surface area contributed by atoms with Crippen LogP contribution in [-0.2, 0) is 14.8 Å². The van der Waals surface area contributed by atoms with E-state index < -0.39 is 10.0 Å². The highest BCUT2D eigenvalue weighted by atomic mass is 32.2. The average Bonchev–Trinajstić information content (AvgIpc) is 2.65. The number of rotatable bonds is 6. The topological polar surface area (TPSA) is 75.7 Å². The summed E-state index contributed by atoms with van der Waals surface area (Å²) in [7, 11) is -3.84. The summed E-state index contributed by atoms with van der Waals surface area (Å²) >= 11 is 0. The fourth-order valence-electron chi connectivity index (χ4n) is 3.33. The standard InChI is InChI=1S/C21H26N2O4S/c1-4-27-19-11-8-15(2)13-20(19)28(25,26)22-17-10-9-16(3)18(14-17)23-12-6-5-7-21(23)24/h8-11,13-14,22H,4-7,12H2,1-3H3. The number of nitrogens with zero attached hydrogens (tertiary/aromatic N) is 1. The number of carbonyl (C=O) groups is 1. The quantitative estimate of drug-likeness (QED) is 0.792. The molecule has 28 heavy (non-hydrogen) atoms. The molecule has 1 amide bonds. The van der Waals surface area contributed by atoms with Gasteiger partial charge in [0.05, 0.1) is 12.3 Å². The SMILES string of the molecule is CCOc1ccc(C)cc1S(=O)(=O)Nc1ccc(C)c(N2CCCCC2=O)c1. The average molecular weight is 403 g/mol. The lowest BCUT2D eigenvalue weighted by molar-refractivity contribution is -0.119. The van der Waals surface area contributed by atoms with Crippen LogP contribution in [0.25, 0.3) is 0 Å². The van der Waals surface area contributed by atoms with Crippen molar-refractivity contribution in [3.05, 3.63) is 47.5 Å². The zero-order valence-corrected chi connectivity index (χ0v) is 17.3. The third-order valence-corrected chi connectivity index (χ3v) is 6.17. The van der Waals surface area contributed by atoms with Crippen molar-refractivity contribution in [2.24, 2.45) is 0 Å². The van der Waals surface area contributed by atoms with Crippen LogP contribution >= 0.6 is 0 Å². The van der Waals surface area contributed by atoms with E-state index in [0.29, 0.717) is 31.0 Å². The second-order valence-corrected chi connectivity index (χ2v) is 8.64. The van der Waals surface area contributed by atoms with Crippen molar-refractivity contribution in [2.75, 3.05) is 22.8 Å². The normalized spacial score (nSPS) is 14.8. The summed E-state index contributed by atoms with van der Waals surface area (Å²) < 4.78 is 34.2. The van der Waals surface area contributed by atoms with Crippen molar-refractivity contribution in [3.8, 4) is 5.75 Å². The molecule has 1 aliphatic rings. The Labute approximate surface area is 166 Å². The van der Waals surface area contributed by atoms with Crippen molar-refractivity contribution >= 4 is 27.3 Å². The van der Waals surface area contributed by atoms with Crippen LogP contribution in [-0.4, -0.2) is 27.5 Å². The summed E-state index contributed by atoms with van der Waals surface area (Å²) in [5.41, 5.74) is 2.93. The monoisotopic (exact) mass is 402 g/mol. The van der Waals surface area contributed by atoms with Crippen molar-refractivity contribution in [1.82, 2.24) is 0 Å². The van der Waals surface area contributed by atoms with E-state index >= 15 is 0 Å². The van der Waals surface area contributed by atoms with Gasteiger partial charge >= 0.3 is 0 Å². The smallest absolute Gasteiger partial charge is 0.265 e. The predicted molar refractivity (Wildman–Crippen MR) is 111 cm³/mol. The molecule has 0 atom stereocenters. The van der Waals surface area contributed by atoms with E-state index in [1.165, 1.54) is 0 Å². The first kappa shape index (κ1) is 20.2. The van der Waals surface area contributed by atoms with Gasteiger partial charge in [0.15, 0.2) is 0 Å². The molecule has 1 heterocycles. The molecule has 0 aliphatic carbocycles. The highest BCUT2D eigenvalue weighted by molar-refractivity contribution is 7.92. The van der Waals surface area contributed by atoms with E-state index in [4.69, 9.17) is 4.74 Å². The molecule has 1 aliphatic heterocycles. The van der Waals surface area contributed by atoms with Crippen LogP contribution in [0.2, 0.25) is 0 Å². The van der Waals surface area contributed by atoms with Gasteiger partial charge in [-0.15, -0.1) is 0 Å². The van der Waals surface area contributed by atoms with Gasteiger partial charge in [-0.1, -0.05) is 12.1 Å². The number of carbonyl (C=O) groups excluding carboxylic acids is 1. The molecular weight excluding hydrogens is 376 g/mol. The summed E-state index contributed by atoms with van der Waals surface area (Å²) in [6.07, 6.45) is 2.37. The lowest BCUT2D eigenvalue weighted by Crippen LogP contribution is -2.35. The van der Waals surface area contributed by atoms with E-state index in [2.05, 4.69) is 4.72 Å². The molecule has 1 fully saturated rings. The molecule has 0 aromatic heterocycles. The van der Waals surface area contributed by atoms with Gasteiger partial charge in [0.1, 0.15) is 10.6 Å². The predicted octanol–water partition coefficient (Wildman–Crippen LogP) is 4.02. The van der Waals surface area contributed by atoms with E-state index in [9.17, 15) is 13.2 Å². The Morgan fingerprint density at radius 1 is 1.11 bits per heavy atom. The minimum atomic E-state index is -3.84. The number of aryl methyl sites for hydroxylation is 2. The molecular formula is C21H26N2O4S. The Hall–Kier alpha value is -2.54. The maximum absolute atomic E-state index is 13.0. The van der Waals surface area contributed by atoms with Crippen LogP contribution in [0.4, 0.5) is 11.4 Å². The second kappa shape index (κ2) is 8.22. The third kappa shape index (κ3) is 4.30. The number of nitrogens with one attached hydrogen (secondary N) is 1. The number of hydrogen-bond acceptors (Lipinski definition) is 4. The molecule has 0 saturated carbocycles. The second-order valence-electron chi connectivity index (χ2n) is 6.99. The zero-order chi connectivity index (χ0) is 20.3. The van der Waals surface area contributed by atoms with Crippen LogP contribution in [0.1, 0.15) is 37.3 Å². The molecule has 0 bridgehead atoms. The lowest BCUT2D eigenvalue weighted by Gasteiger charge is -2.28. The van der Waals surface area contributed by atoms with E-state index in [1.54, 1.807) is 29.2 Å². The fourth-order valence-corrected chi connectivity index (χ4v) is 4.61. The van der Waals surface area contributed by atoms with Crippen LogP contribution in [0.3, 0.4) is 0 Å². The van der Waals surface area contributed by atoms with Crippen molar-refractivity contribution in [3.63, 3.8) is 0 Å². The van der Waals surface area contributed by atoms with Crippen molar-refractivity contribution in [1.29, 1.82) is 0 Å². The molecule has 0 spiro atoms. The first-order valence-electron chi connectivity index (χ1n) is 9.49. The van der Waals surface area contributed by atoms with Crippen LogP contribution in [0.5, 0.6) is 5.75 Å². The van der Waals surface area contributed by atoms with Gasteiger partial charge in [0.2, 0.25) is 5.91 Å². The number of anilines is 2. The molecule has 1 N–H and O–H groups in total. The highest BCUT2D eigenvalue weighted by Crippen LogP contribution is 2.31. The summed E-state index contributed by atoms with van der Waals surface area (Å²) in [4.78, 5) is 14.1. The molecule has 1 saturated heterocycles. The van der Waals surface area contributed by atoms with Gasteiger partial charge in [-0.25, -0.2) is 8.42 Å². The maximum atomic E-state index is 13.0. The number of hydrogen-bond donors (Lipinski definition) is 1. The first-order chi connectivity index (χ1) is 13.3. The summed E-state index contributed by atoms with van der Waals surface area (Å²) in [5.74, 6) is 0.394. The highest BCUT2D eigenvalue weighted by Gasteiger charge is 2.23. The Kier molecular flexibility index (Phi) is 5.93. The molecule has 6 nitrogen and oxygen atoms in total. The minimum absolute atomic E-state index is 0.0756. The van der Waals surface area contributed by atoms with Gasteiger partial charge < -0.3 is 9.64 Å². The molecule has 0 unspecified atom stereocenters. The van der Waals surface area contributed by atoms with E-state index in [1.807, 2.05) is 32.9 Å². The maximum Gasteiger partial charge on any atom is 0.265 e. The zero-order valence-electron chi connectivity index (χ0n) is 16.5. The van der Waals surface area contributed by atoms with E-state index in [0.717, 1.165) is 29.7 Å². The molecule has 2 aromatic carbocycles. The Morgan fingerprint density at radius 2 is 1.89 bits per heavy atom. The van der Waals surface area contributed by atoms with Gasteiger partial charge in [0, 0.05) is 18.7 Å². The molecule has 7 heteroatoms. The molecule has 150 valence electrons. The van der Waals surface area contributed by atoms with Gasteiger partial charge in [-0.05, 0) is 69.0 Å². The van der Waals surface area contributed by atoms with Crippen LogP contribution < -0.4 is 14.4 Å². The number of piperidine rings is 1.